The lowest BCUT2D eigenvalue weighted by molar-refractivity contribution is -0.122. The van der Waals surface area contributed by atoms with Crippen LogP contribution in [0.4, 0.5) is 28.9 Å². The highest BCUT2D eigenvalue weighted by Crippen LogP contribution is 2.27. The topological polar surface area (TPSA) is 49.4 Å². The van der Waals surface area contributed by atoms with Gasteiger partial charge in [-0.15, -0.1) is 0 Å². The third-order valence-electron chi connectivity index (χ3n) is 3.78. The highest BCUT2D eigenvalue weighted by atomic mass is 19.1. The zero-order valence-corrected chi connectivity index (χ0v) is 12.7. The first-order valence-electron chi connectivity index (χ1n) is 7.35. The maximum atomic E-state index is 13.3. The molecule has 1 atom stereocenters. The molecule has 0 bridgehead atoms. The quantitative estimate of drug-likeness (QED) is 0.863. The lowest BCUT2D eigenvalue weighted by Gasteiger charge is -2.17. The Balaban J connectivity index is 1.74. The van der Waals surface area contributed by atoms with Crippen molar-refractivity contribution in [2.45, 2.75) is 6.42 Å². The molecular weight excluding hydrogens is 340 g/mol. The SMILES string of the molecule is O=C(Nc1cc(F)cc(F)c1)C1CC(=O)N(c2cc(F)cc(F)c2)C1. The lowest BCUT2D eigenvalue weighted by atomic mass is 10.1. The van der Waals surface area contributed by atoms with E-state index in [1.807, 2.05) is 0 Å². The normalized spacial score (nSPS) is 17.0. The van der Waals surface area contributed by atoms with Gasteiger partial charge in [-0.05, 0) is 24.3 Å². The van der Waals surface area contributed by atoms with E-state index in [1.54, 1.807) is 0 Å². The van der Waals surface area contributed by atoms with Crippen molar-refractivity contribution in [1.82, 2.24) is 0 Å². The number of carbonyl (C=O) groups excluding carboxylic acids is 2. The summed E-state index contributed by atoms with van der Waals surface area (Å²) in [5.41, 5.74) is -0.0696. The summed E-state index contributed by atoms with van der Waals surface area (Å²) >= 11 is 0. The molecule has 1 aliphatic rings. The number of anilines is 2. The summed E-state index contributed by atoms with van der Waals surface area (Å²) in [4.78, 5) is 25.4. The van der Waals surface area contributed by atoms with E-state index in [0.717, 1.165) is 29.2 Å². The van der Waals surface area contributed by atoms with Crippen LogP contribution >= 0.6 is 0 Å². The predicted octanol–water partition coefficient (Wildman–Crippen LogP) is 3.23. The minimum absolute atomic E-state index is 0.00889. The molecular formula is C17H12F4N2O2. The number of rotatable bonds is 3. The minimum atomic E-state index is -0.852. The van der Waals surface area contributed by atoms with E-state index in [0.29, 0.717) is 12.1 Å². The summed E-state index contributed by atoms with van der Waals surface area (Å²) in [5.74, 6) is -5.29. The van der Waals surface area contributed by atoms with Gasteiger partial charge >= 0.3 is 0 Å². The Morgan fingerprint density at radius 1 is 0.920 bits per heavy atom. The second-order valence-electron chi connectivity index (χ2n) is 5.68. The molecule has 2 amide bonds. The molecule has 1 heterocycles. The van der Waals surface area contributed by atoms with Crippen molar-refractivity contribution in [3.63, 3.8) is 0 Å². The highest BCUT2D eigenvalue weighted by molar-refractivity contribution is 6.03. The second kappa shape index (κ2) is 6.54. The van der Waals surface area contributed by atoms with Crippen molar-refractivity contribution in [2.24, 2.45) is 5.92 Å². The molecule has 1 unspecified atom stereocenters. The first-order valence-corrected chi connectivity index (χ1v) is 7.35. The van der Waals surface area contributed by atoms with E-state index in [9.17, 15) is 27.2 Å². The summed E-state index contributed by atoms with van der Waals surface area (Å²) in [6.45, 7) is -0.0919. The van der Waals surface area contributed by atoms with E-state index in [-0.39, 0.29) is 24.3 Å². The Bertz CT molecular complexity index is 816. The van der Waals surface area contributed by atoms with Gasteiger partial charge in [0, 0.05) is 36.5 Å². The number of halogens is 4. The highest BCUT2D eigenvalue weighted by Gasteiger charge is 2.35. The van der Waals surface area contributed by atoms with Crippen LogP contribution in [0.2, 0.25) is 0 Å². The van der Waals surface area contributed by atoms with Crippen LogP contribution in [0.15, 0.2) is 36.4 Å². The van der Waals surface area contributed by atoms with Crippen LogP contribution in [0.5, 0.6) is 0 Å². The molecule has 3 rings (SSSR count). The van der Waals surface area contributed by atoms with E-state index in [1.165, 1.54) is 0 Å². The fourth-order valence-electron chi connectivity index (χ4n) is 2.70. The standard InChI is InChI=1S/C17H12F4N2O2/c18-10-2-11(19)5-14(4-10)22-17(25)9-1-16(24)23(8-9)15-6-12(20)3-13(21)7-15/h2-7,9H,1,8H2,(H,22,25). The van der Waals surface area contributed by atoms with E-state index in [4.69, 9.17) is 0 Å². The lowest BCUT2D eigenvalue weighted by Crippen LogP contribution is -2.28. The van der Waals surface area contributed by atoms with Crippen molar-refractivity contribution in [3.05, 3.63) is 59.7 Å². The molecule has 2 aromatic carbocycles. The molecule has 130 valence electrons. The number of benzene rings is 2. The Hall–Kier alpha value is -2.90. The number of carbonyl (C=O) groups is 2. The van der Waals surface area contributed by atoms with Gasteiger partial charge in [0.25, 0.3) is 0 Å². The zero-order chi connectivity index (χ0) is 18.1. The van der Waals surface area contributed by atoms with Gasteiger partial charge in [-0.2, -0.15) is 0 Å². The summed E-state index contributed by atoms with van der Waals surface area (Å²) < 4.78 is 52.9. The molecule has 1 fully saturated rings. The molecule has 25 heavy (non-hydrogen) atoms. The Morgan fingerprint density at radius 2 is 1.44 bits per heavy atom. The van der Waals surface area contributed by atoms with Gasteiger partial charge in [0.2, 0.25) is 11.8 Å². The monoisotopic (exact) mass is 352 g/mol. The molecule has 0 spiro atoms. The van der Waals surface area contributed by atoms with Gasteiger partial charge < -0.3 is 10.2 Å². The number of nitrogens with zero attached hydrogens (tertiary/aromatic N) is 1. The van der Waals surface area contributed by atoms with Gasteiger partial charge in [0.1, 0.15) is 23.3 Å². The fraction of sp³-hybridized carbons (Fsp3) is 0.176. The summed E-state index contributed by atoms with van der Waals surface area (Å²) in [6.07, 6.45) is -0.179. The second-order valence-corrected chi connectivity index (χ2v) is 5.68. The van der Waals surface area contributed by atoms with Gasteiger partial charge in [-0.25, -0.2) is 17.6 Å². The molecule has 0 radical (unpaired) electrons. The van der Waals surface area contributed by atoms with Crippen molar-refractivity contribution in [1.29, 1.82) is 0 Å². The van der Waals surface area contributed by atoms with Gasteiger partial charge in [0.05, 0.1) is 5.92 Å². The average molecular weight is 352 g/mol. The van der Waals surface area contributed by atoms with Crippen molar-refractivity contribution >= 4 is 23.2 Å². The molecule has 0 aromatic heterocycles. The van der Waals surface area contributed by atoms with Crippen LogP contribution in [-0.4, -0.2) is 18.4 Å². The molecule has 1 N–H and O–H groups in total. The minimum Gasteiger partial charge on any atom is -0.326 e. The largest absolute Gasteiger partial charge is 0.326 e. The van der Waals surface area contributed by atoms with E-state index >= 15 is 0 Å². The van der Waals surface area contributed by atoms with Gasteiger partial charge in [0.15, 0.2) is 0 Å². The third-order valence-corrected chi connectivity index (χ3v) is 3.78. The first kappa shape index (κ1) is 16.9. The first-order chi connectivity index (χ1) is 11.8. The predicted molar refractivity (Wildman–Crippen MR) is 81.8 cm³/mol. The van der Waals surface area contributed by atoms with Crippen LogP contribution in [0.1, 0.15) is 6.42 Å². The Kier molecular flexibility index (Phi) is 4.43. The molecule has 2 aromatic rings. The zero-order valence-electron chi connectivity index (χ0n) is 12.7. The van der Waals surface area contributed by atoms with Crippen molar-refractivity contribution in [3.8, 4) is 0 Å². The smallest absolute Gasteiger partial charge is 0.229 e. The molecule has 0 saturated carbocycles. The molecule has 8 heteroatoms. The Labute approximate surface area is 140 Å². The van der Waals surface area contributed by atoms with Crippen molar-refractivity contribution < 1.29 is 27.2 Å². The van der Waals surface area contributed by atoms with Crippen LogP contribution in [0.3, 0.4) is 0 Å². The van der Waals surface area contributed by atoms with Crippen LogP contribution in [-0.2, 0) is 9.59 Å². The number of amides is 2. The molecule has 1 saturated heterocycles. The fourth-order valence-corrected chi connectivity index (χ4v) is 2.70. The third kappa shape index (κ3) is 3.78. The summed E-state index contributed by atoms with van der Waals surface area (Å²) in [7, 11) is 0. The molecule has 4 nitrogen and oxygen atoms in total. The Morgan fingerprint density at radius 3 is 2.00 bits per heavy atom. The van der Waals surface area contributed by atoms with Gasteiger partial charge in [-0.1, -0.05) is 0 Å². The molecule has 0 aliphatic carbocycles. The van der Waals surface area contributed by atoms with Crippen LogP contribution < -0.4 is 10.2 Å². The number of hydrogen-bond acceptors (Lipinski definition) is 2. The van der Waals surface area contributed by atoms with Crippen LogP contribution in [0, 0.1) is 29.2 Å². The maximum absolute atomic E-state index is 13.3. The number of hydrogen-bond donors (Lipinski definition) is 1. The van der Waals surface area contributed by atoms with Gasteiger partial charge in [-0.3, -0.25) is 9.59 Å². The van der Waals surface area contributed by atoms with Crippen molar-refractivity contribution in [2.75, 3.05) is 16.8 Å². The van der Waals surface area contributed by atoms with E-state index < -0.39 is 41.0 Å². The van der Waals surface area contributed by atoms with E-state index in [2.05, 4.69) is 5.32 Å². The summed E-state index contributed by atoms with van der Waals surface area (Å²) in [5, 5.41) is 2.33. The summed E-state index contributed by atoms with van der Waals surface area (Å²) in [6, 6.07) is 5.20. The average Bonchev–Trinajstić information content (AvgIpc) is 2.87. The van der Waals surface area contributed by atoms with Crippen LogP contribution in [0.25, 0.3) is 0 Å². The maximum Gasteiger partial charge on any atom is 0.229 e. The molecule has 1 aliphatic heterocycles. The number of nitrogens with one attached hydrogen (secondary N) is 1.